The fourth-order valence-electron chi connectivity index (χ4n) is 4.86. The Morgan fingerprint density at radius 3 is 2.48 bits per heavy atom. The first-order chi connectivity index (χ1) is 11.9. The maximum Gasteiger partial charge on any atom is 0.227 e. The Kier molecular flexibility index (Phi) is 5.75. The molecule has 3 rings (SSSR count). The standard InChI is InChI=1S/C21H31ClN2O/c1-21(2)14-24(20(25)17-6-4-5-7-19(17)23-3)13-12-18(21)15-8-10-16(22)11-9-15/h8-11,17-19,23H,4-7,12-14H2,1-3H3. The first kappa shape index (κ1) is 18.7. The zero-order chi connectivity index (χ0) is 18.0. The second-order valence-electron chi connectivity index (χ2n) is 8.43. The monoisotopic (exact) mass is 362 g/mol. The van der Waals surface area contributed by atoms with E-state index in [9.17, 15) is 4.79 Å². The summed E-state index contributed by atoms with van der Waals surface area (Å²) < 4.78 is 0. The van der Waals surface area contributed by atoms with Crippen molar-refractivity contribution in [2.24, 2.45) is 11.3 Å². The molecule has 3 atom stereocenters. The Morgan fingerprint density at radius 2 is 1.84 bits per heavy atom. The highest BCUT2D eigenvalue weighted by Gasteiger charge is 2.41. The van der Waals surface area contributed by atoms with E-state index in [1.54, 1.807) is 0 Å². The lowest BCUT2D eigenvalue weighted by Gasteiger charge is -2.46. The summed E-state index contributed by atoms with van der Waals surface area (Å²) in [5.41, 5.74) is 1.42. The maximum absolute atomic E-state index is 13.2. The lowest BCUT2D eigenvalue weighted by atomic mass is 9.70. The van der Waals surface area contributed by atoms with Gasteiger partial charge in [0.1, 0.15) is 0 Å². The van der Waals surface area contributed by atoms with Gasteiger partial charge in [-0.1, -0.05) is 50.4 Å². The average molecular weight is 363 g/mol. The number of carbonyl (C=O) groups excluding carboxylic acids is 1. The highest BCUT2D eigenvalue weighted by molar-refractivity contribution is 6.30. The fraction of sp³-hybridized carbons (Fsp3) is 0.667. The van der Waals surface area contributed by atoms with E-state index in [0.717, 1.165) is 37.4 Å². The van der Waals surface area contributed by atoms with Crippen LogP contribution in [0.5, 0.6) is 0 Å². The first-order valence-corrected chi connectivity index (χ1v) is 10.0. The van der Waals surface area contributed by atoms with Crippen molar-refractivity contribution in [3.8, 4) is 0 Å². The highest BCUT2D eigenvalue weighted by atomic mass is 35.5. The molecule has 1 aliphatic carbocycles. The van der Waals surface area contributed by atoms with Crippen LogP contribution in [0, 0.1) is 11.3 Å². The van der Waals surface area contributed by atoms with Crippen LogP contribution < -0.4 is 5.32 Å². The number of hydrogen-bond acceptors (Lipinski definition) is 2. The topological polar surface area (TPSA) is 32.3 Å². The van der Waals surface area contributed by atoms with Gasteiger partial charge in [0, 0.05) is 24.2 Å². The van der Waals surface area contributed by atoms with Crippen LogP contribution in [-0.4, -0.2) is 37.0 Å². The smallest absolute Gasteiger partial charge is 0.227 e. The Labute approximate surface area is 157 Å². The molecule has 1 saturated heterocycles. The van der Waals surface area contributed by atoms with E-state index in [-0.39, 0.29) is 11.3 Å². The van der Waals surface area contributed by atoms with E-state index in [4.69, 9.17) is 11.6 Å². The number of hydrogen-bond donors (Lipinski definition) is 1. The van der Waals surface area contributed by atoms with Gasteiger partial charge in [-0.3, -0.25) is 4.79 Å². The van der Waals surface area contributed by atoms with Crippen molar-refractivity contribution in [3.63, 3.8) is 0 Å². The average Bonchev–Trinajstić information content (AvgIpc) is 2.61. The number of halogens is 1. The van der Waals surface area contributed by atoms with Crippen molar-refractivity contribution in [1.29, 1.82) is 0 Å². The van der Waals surface area contributed by atoms with Crippen molar-refractivity contribution in [2.75, 3.05) is 20.1 Å². The van der Waals surface area contributed by atoms with E-state index in [1.165, 1.54) is 18.4 Å². The summed E-state index contributed by atoms with van der Waals surface area (Å²) in [6, 6.07) is 8.58. The molecule has 3 nitrogen and oxygen atoms in total. The number of likely N-dealkylation sites (tertiary alicyclic amines) is 1. The first-order valence-electron chi connectivity index (χ1n) is 9.64. The molecule has 0 aromatic heterocycles. The molecule has 1 saturated carbocycles. The van der Waals surface area contributed by atoms with Gasteiger partial charge in [-0.2, -0.15) is 0 Å². The van der Waals surface area contributed by atoms with Gasteiger partial charge in [-0.15, -0.1) is 0 Å². The van der Waals surface area contributed by atoms with Gasteiger partial charge in [0.25, 0.3) is 0 Å². The number of piperidine rings is 1. The van der Waals surface area contributed by atoms with Crippen LogP contribution in [0.1, 0.15) is 57.4 Å². The van der Waals surface area contributed by atoms with Crippen LogP contribution in [0.3, 0.4) is 0 Å². The lowest BCUT2D eigenvalue weighted by Crippen LogP contribution is -2.52. The van der Waals surface area contributed by atoms with Gasteiger partial charge in [-0.25, -0.2) is 0 Å². The number of amides is 1. The Morgan fingerprint density at radius 1 is 1.16 bits per heavy atom. The van der Waals surface area contributed by atoms with Gasteiger partial charge < -0.3 is 10.2 Å². The normalized spacial score (nSPS) is 29.4. The summed E-state index contributed by atoms with van der Waals surface area (Å²) in [4.78, 5) is 15.3. The zero-order valence-corrected chi connectivity index (χ0v) is 16.5. The summed E-state index contributed by atoms with van der Waals surface area (Å²) in [6.45, 7) is 6.29. The molecule has 0 radical (unpaired) electrons. The summed E-state index contributed by atoms with van der Waals surface area (Å²) in [5.74, 6) is 0.989. The van der Waals surface area contributed by atoms with Crippen molar-refractivity contribution < 1.29 is 4.79 Å². The Hall–Kier alpha value is -1.06. The third-order valence-electron chi connectivity index (χ3n) is 6.27. The van der Waals surface area contributed by atoms with E-state index < -0.39 is 0 Å². The number of benzene rings is 1. The third kappa shape index (κ3) is 4.03. The van der Waals surface area contributed by atoms with Crippen molar-refractivity contribution in [3.05, 3.63) is 34.9 Å². The van der Waals surface area contributed by atoms with E-state index in [1.807, 2.05) is 19.2 Å². The van der Waals surface area contributed by atoms with E-state index >= 15 is 0 Å². The van der Waals surface area contributed by atoms with Gasteiger partial charge in [0.15, 0.2) is 0 Å². The molecular weight excluding hydrogens is 332 g/mol. The van der Waals surface area contributed by atoms with E-state index in [2.05, 4.69) is 36.2 Å². The summed E-state index contributed by atoms with van der Waals surface area (Å²) in [6.07, 6.45) is 5.59. The molecule has 1 aliphatic heterocycles. The summed E-state index contributed by atoms with van der Waals surface area (Å²) >= 11 is 6.04. The molecule has 1 aromatic carbocycles. The van der Waals surface area contributed by atoms with Crippen molar-refractivity contribution in [1.82, 2.24) is 10.2 Å². The molecular formula is C21H31ClN2O. The quantitative estimate of drug-likeness (QED) is 0.860. The minimum Gasteiger partial charge on any atom is -0.342 e. The zero-order valence-electron chi connectivity index (χ0n) is 15.7. The molecule has 4 heteroatoms. The molecule has 3 unspecified atom stereocenters. The van der Waals surface area contributed by atoms with Crippen LogP contribution in [0.15, 0.2) is 24.3 Å². The third-order valence-corrected chi connectivity index (χ3v) is 6.52. The molecule has 1 aromatic rings. The highest BCUT2D eigenvalue weighted by Crippen LogP contribution is 2.43. The maximum atomic E-state index is 13.2. The number of rotatable bonds is 3. The van der Waals surface area contributed by atoms with Crippen LogP contribution in [0.2, 0.25) is 5.02 Å². The van der Waals surface area contributed by atoms with Crippen LogP contribution >= 0.6 is 11.6 Å². The minimum atomic E-state index is 0.0749. The molecule has 2 aliphatic rings. The van der Waals surface area contributed by atoms with Gasteiger partial charge in [-0.05, 0) is 55.3 Å². The molecule has 2 fully saturated rings. The summed E-state index contributed by atoms with van der Waals surface area (Å²) in [5, 5.41) is 4.16. The predicted octanol–water partition coefficient (Wildman–Crippen LogP) is 4.46. The van der Waals surface area contributed by atoms with Crippen LogP contribution in [0.25, 0.3) is 0 Å². The summed E-state index contributed by atoms with van der Waals surface area (Å²) in [7, 11) is 1.99. The molecule has 25 heavy (non-hydrogen) atoms. The number of carbonyl (C=O) groups is 1. The van der Waals surface area contributed by atoms with Gasteiger partial charge in [0.2, 0.25) is 5.91 Å². The SMILES string of the molecule is CNC1CCCCC1C(=O)N1CCC(c2ccc(Cl)cc2)C(C)(C)C1. The van der Waals surface area contributed by atoms with Gasteiger partial charge >= 0.3 is 0 Å². The number of nitrogens with one attached hydrogen (secondary N) is 1. The Balaban J connectivity index is 1.71. The molecule has 1 amide bonds. The molecule has 0 spiro atoms. The largest absolute Gasteiger partial charge is 0.342 e. The minimum absolute atomic E-state index is 0.0749. The lowest BCUT2D eigenvalue weighted by molar-refractivity contribution is -0.141. The fourth-order valence-corrected chi connectivity index (χ4v) is 4.99. The second kappa shape index (κ2) is 7.67. The number of nitrogens with zero attached hydrogens (tertiary/aromatic N) is 1. The Bertz CT molecular complexity index is 598. The van der Waals surface area contributed by atoms with Crippen LogP contribution in [0.4, 0.5) is 0 Å². The second-order valence-corrected chi connectivity index (χ2v) is 8.86. The predicted molar refractivity (Wildman–Crippen MR) is 104 cm³/mol. The molecule has 138 valence electrons. The molecule has 0 bridgehead atoms. The van der Waals surface area contributed by atoms with Crippen molar-refractivity contribution in [2.45, 2.75) is 57.9 Å². The van der Waals surface area contributed by atoms with E-state index in [0.29, 0.717) is 17.9 Å². The van der Waals surface area contributed by atoms with Gasteiger partial charge in [0.05, 0.1) is 5.92 Å². The van der Waals surface area contributed by atoms with Crippen LogP contribution in [-0.2, 0) is 4.79 Å². The molecule has 1 heterocycles. The van der Waals surface area contributed by atoms with Crippen molar-refractivity contribution >= 4 is 17.5 Å². The molecule has 1 N–H and O–H groups in total.